The lowest BCUT2D eigenvalue weighted by atomic mass is 9.96. The molecular formula is C15H17ClN2O2. The summed E-state index contributed by atoms with van der Waals surface area (Å²) in [7, 11) is 0. The van der Waals surface area contributed by atoms with E-state index in [-0.39, 0.29) is 12.4 Å². The maximum absolute atomic E-state index is 11.6. The zero-order chi connectivity index (χ0) is 13.4. The number of likely N-dealkylation sites (N-methyl/N-ethyl adjacent to an activating group) is 1. The minimum atomic E-state index is -0.854. The maximum atomic E-state index is 11.6. The van der Waals surface area contributed by atoms with E-state index in [9.17, 15) is 9.90 Å². The third kappa shape index (κ3) is 2.37. The summed E-state index contributed by atoms with van der Waals surface area (Å²) in [6.07, 6.45) is 0.828. The Balaban J connectivity index is 0.00000147. The van der Waals surface area contributed by atoms with Crippen LogP contribution >= 0.6 is 12.4 Å². The molecule has 1 aliphatic rings. The molecule has 2 aromatic rings. The van der Waals surface area contributed by atoms with Crippen molar-refractivity contribution in [3.63, 3.8) is 0 Å². The minimum Gasteiger partial charge on any atom is -0.478 e. The highest BCUT2D eigenvalue weighted by atomic mass is 35.5. The summed E-state index contributed by atoms with van der Waals surface area (Å²) >= 11 is 0. The molecule has 0 saturated heterocycles. The molecule has 106 valence electrons. The first-order chi connectivity index (χ1) is 9.20. The molecule has 1 aromatic heterocycles. The van der Waals surface area contributed by atoms with E-state index in [0.717, 1.165) is 41.7 Å². The van der Waals surface area contributed by atoms with Gasteiger partial charge in [-0.1, -0.05) is 25.1 Å². The predicted molar refractivity (Wildman–Crippen MR) is 80.6 cm³/mol. The lowest BCUT2D eigenvalue weighted by Gasteiger charge is -2.28. The Kier molecular flexibility index (Phi) is 4.26. The first-order valence-electron chi connectivity index (χ1n) is 6.57. The van der Waals surface area contributed by atoms with Crippen LogP contribution in [-0.4, -0.2) is 34.0 Å². The number of hydrogen-bond acceptors (Lipinski definition) is 3. The highest BCUT2D eigenvalue weighted by Gasteiger charge is 2.24. The topological polar surface area (TPSA) is 53.4 Å². The molecule has 1 aliphatic heterocycles. The van der Waals surface area contributed by atoms with E-state index in [1.807, 2.05) is 24.3 Å². The van der Waals surface area contributed by atoms with Crippen LogP contribution in [0, 0.1) is 0 Å². The summed E-state index contributed by atoms with van der Waals surface area (Å²) in [5.41, 5.74) is 3.04. The van der Waals surface area contributed by atoms with E-state index in [1.54, 1.807) is 0 Å². The quantitative estimate of drug-likeness (QED) is 0.925. The van der Waals surface area contributed by atoms with Crippen molar-refractivity contribution in [2.45, 2.75) is 19.9 Å². The third-order valence-electron chi connectivity index (χ3n) is 3.79. The average molecular weight is 293 g/mol. The highest BCUT2D eigenvalue weighted by molar-refractivity contribution is 6.04. The van der Waals surface area contributed by atoms with Crippen LogP contribution in [-0.2, 0) is 13.0 Å². The molecular weight excluding hydrogens is 276 g/mol. The molecule has 0 saturated carbocycles. The Hall–Kier alpha value is -1.65. The molecule has 4 nitrogen and oxygen atoms in total. The fraction of sp³-hybridized carbons (Fsp3) is 0.333. The molecule has 5 heteroatoms. The van der Waals surface area contributed by atoms with Crippen molar-refractivity contribution in [2.24, 2.45) is 0 Å². The first-order valence-corrected chi connectivity index (χ1v) is 6.57. The molecule has 0 amide bonds. The van der Waals surface area contributed by atoms with Gasteiger partial charge in [0.1, 0.15) is 0 Å². The normalized spacial score (nSPS) is 14.7. The van der Waals surface area contributed by atoms with Crippen LogP contribution in [0.15, 0.2) is 24.3 Å². The van der Waals surface area contributed by atoms with Gasteiger partial charge in [-0.3, -0.25) is 9.88 Å². The predicted octanol–water partition coefficient (Wildman–Crippen LogP) is 2.73. The number of fused-ring (bicyclic) bond motifs is 2. The molecule has 0 unspecified atom stereocenters. The average Bonchev–Trinajstić information content (AvgIpc) is 2.43. The Morgan fingerprint density at radius 1 is 1.40 bits per heavy atom. The Labute approximate surface area is 123 Å². The fourth-order valence-electron chi connectivity index (χ4n) is 2.76. The molecule has 0 radical (unpaired) electrons. The molecule has 1 N–H and O–H groups in total. The van der Waals surface area contributed by atoms with Crippen LogP contribution in [0.3, 0.4) is 0 Å². The summed E-state index contributed by atoms with van der Waals surface area (Å²) in [6, 6.07) is 7.49. The number of hydrogen-bond donors (Lipinski definition) is 1. The summed E-state index contributed by atoms with van der Waals surface area (Å²) in [5.74, 6) is -0.854. The Morgan fingerprint density at radius 3 is 2.85 bits per heavy atom. The van der Waals surface area contributed by atoms with E-state index in [4.69, 9.17) is 0 Å². The van der Waals surface area contributed by atoms with Crippen molar-refractivity contribution in [2.75, 3.05) is 13.1 Å². The molecule has 0 fully saturated rings. The van der Waals surface area contributed by atoms with E-state index >= 15 is 0 Å². The first kappa shape index (κ1) is 14.8. The van der Waals surface area contributed by atoms with Gasteiger partial charge in [0.2, 0.25) is 0 Å². The number of aromatic nitrogens is 1. The number of halogens is 1. The summed E-state index contributed by atoms with van der Waals surface area (Å²) in [5, 5.41) is 10.3. The SMILES string of the molecule is CCN1CCc2nc3ccccc3c(C(=O)O)c2C1.Cl. The van der Waals surface area contributed by atoms with Crippen LogP contribution in [0.2, 0.25) is 0 Å². The molecule has 0 spiro atoms. The third-order valence-corrected chi connectivity index (χ3v) is 3.79. The van der Waals surface area contributed by atoms with E-state index < -0.39 is 5.97 Å². The maximum Gasteiger partial charge on any atom is 0.336 e. The van der Waals surface area contributed by atoms with Crippen LogP contribution in [0.1, 0.15) is 28.5 Å². The van der Waals surface area contributed by atoms with Gasteiger partial charge < -0.3 is 5.11 Å². The standard InChI is InChI=1S/C15H16N2O2.ClH/c1-2-17-8-7-13-11(9-17)14(15(18)19)10-5-3-4-6-12(10)16-13;/h3-6H,2,7-9H2,1H3,(H,18,19);1H. The monoisotopic (exact) mass is 292 g/mol. The van der Waals surface area contributed by atoms with Crippen molar-refractivity contribution in [3.8, 4) is 0 Å². The highest BCUT2D eigenvalue weighted by Crippen LogP contribution is 2.27. The molecule has 20 heavy (non-hydrogen) atoms. The number of nitrogens with zero attached hydrogens (tertiary/aromatic N) is 2. The zero-order valence-electron chi connectivity index (χ0n) is 11.3. The van der Waals surface area contributed by atoms with Crippen LogP contribution in [0.4, 0.5) is 0 Å². The number of pyridine rings is 1. The number of carbonyl (C=O) groups is 1. The van der Waals surface area contributed by atoms with E-state index in [0.29, 0.717) is 12.1 Å². The van der Waals surface area contributed by atoms with Gasteiger partial charge in [-0.15, -0.1) is 12.4 Å². The second-order valence-corrected chi connectivity index (χ2v) is 4.85. The van der Waals surface area contributed by atoms with Gasteiger partial charge in [0.05, 0.1) is 11.1 Å². The van der Waals surface area contributed by atoms with E-state index in [1.165, 1.54) is 0 Å². The molecule has 0 bridgehead atoms. The fourth-order valence-corrected chi connectivity index (χ4v) is 2.76. The number of aromatic carboxylic acids is 1. The van der Waals surface area contributed by atoms with Crippen molar-refractivity contribution < 1.29 is 9.90 Å². The number of carboxylic acid groups (broad SMARTS) is 1. The molecule has 0 atom stereocenters. The van der Waals surface area contributed by atoms with Crippen molar-refractivity contribution in [1.29, 1.82) is 0 Å². The Morgan fingerprint density at radius 2 is 2.15 bits per heavy atom. The Bertz CT molecular complexity index is 658. The summed E-state index contributed by atoms with van der Waals surface area (Å²) < 4.78 is 0. The van der Waals surface area contributed by atoms with Crippen LogP contribution < -0.4 is 0 Å². The van der Waals surface area contributed by atoms with Crippen molar-refractivity contribution in [1.82, 2.24) is 9.88 Å². The number of rotatable bonds is 2. The molecule has 2 heterocycles. The smallest absolute Gasteiger partial charge is 0.336 e. The van der Waals surface area contributed by atoms with Gasteiger partial charge in [-0.2, -0.15) is 0 Å². The number of benzene rings is 1. The van der Waals surface area contributed by atoms with Crippen molar-refractivity contribution >= 4 is 29.3 Å². The lowest BCUT2D eigenvalue weighted by molar-refractivity contribution is 0.0695. The minimum absolute atomic E-state index is 0. The largest absolute Gasteiger partial charge is 0.478 e. The zero-order valence-corrected chi connectivity index (χ0v) is 12.1. The van der Waals surface area contributed by atoms with Crippen LogP contribution in [0.25, 0.3) is 10.9 Å². The van der Waals surface area contributed by atoms with Gasteiger partial charge >= 0.3 is 5.97 Å². The molecule has 0 aliphatic carbocycles. The number of para-hydroxylation sites is 1. The number of carboxylic acids is 1. The van der Waals surface area contributed by atoms with Gasteiger partial charge in [0.25, 0.3) is 0 Å². The van der Waals surface area contributed by atoms with Gasteiger partial charge in [0.15, 0.2) is 0 Å². The van der Waals surface area contributed by atoms with Crippen LogP contribution in [0.5, 0.6) is 0 Å². The molecule has 1 aromatic carbocycles. The van der Waals surface area contributed by atoms with Gasteiger partial charge in [-0.25, -0.2) is 4.79 Å². The second-order valence-electron chi connectivity index (χ2n) is 4.85. The lowest BCUT2D eigenvalue weighted by Crippen LogP contribution is -2.32. The van der Waals surface area contributed by atoms with Gasteiger partial charge in [0, 0.05) is 36.2 Å². The summed E-state index contributed by atoms with van der Waals surface area (Å²) in [6.45, 7) is 4.67. The van der Waals surface area contributed by atoms with Gasteiger partial charge in [-0.05, 0) is 12.6 Å². The molecule has 3 rings (SSSR count). The second kappa shape index (κ2) is 5.77. The van der Waals surface area contributed by atoms with Crippen molar-refractivity contribution in [3.05, 3.63) is 41.1 Å². The summed E-state index contributed by atoms with van der Waals surface area (Å²) in [4.78, 5) is 18.5. The van der Waals surface area contributed by atoms with E-state index in [2.05, 4.69) is 16.8 Å².